The molecule has 104 valence electrons. The molecule has 0 spiro atoms. The lowest BCUT2D eigenvalue weighted by molar-refractivity contribution is 0.627. The first-order chi connectivity index (χ1) is 9.41. The van der Waals surface area contributed by atoms with Crippen LogP contribution in [0.15, 0.2) is 30.3 Å². The van der Waals surface area contributed by atoms with Gasteiger partial charge in [0.05, 0.1) is 16.9 Å². The van der Waals surface area contributed by atoms with Crippen molar-refractivity contribution in [1.82, 2.24) is 4.98 Å². The van der Waals surface area contributed by atoms with E-state index in [-0.39, 0.29) is 10.8 Å². The number of aromatic nitrogens is 1. The highest BCUT2D eigenvalue weighted by atomic mass is 32.1. The van der Waals surface area contributed by atoms with E-state index in [0.29, 0.717) is 11.3 Å². The molecule has 0 aliphatic rings. The molecule has 0 bridgehead atoms. The van der Waals surface area contributed by atoms with Gasteiger partial charge in [-0.15, -0.1) is 0 Å². The number of thiocarbonyl (C=S) groups is 1. The number of nitrogens with two attached hydrogens (primary N) is 1. The predicted molar refractivity (Wildman–Crippen MR) is 84.1 cm³/mol. The summed E-state index contributed by atoms with van der Waals surface area (Å²) >= 11 is 5.10. The van der Waals surface area contributed by atoms with E-state index < -0.39 is 0 Å². The van der Waals surface area contributed by atoms with Gasteiger partial charge in [0.15, 0.2) is 0 Å². The molecule has 2 N–H and O–H groups in total. The van der Waals surface area contributed by atoms with E-state index in [2.05, 4.69) is 4.98 Å². The molecule has 0 unspecified atom stereocenters. The van der Waals surface area contributed by atoms with E-state index in [1.54, 1.807) is 30.1 Å². The molecule has 1 aromatic carbocycles. The number of nitrogens with zero attached hydrogens (tertiary/aromatic N) is 2. The van der Waals surface area contributed by atoms with Gasteiger partial charge in [-0.1, -0.05) is 24.4 Å². The summed E-state index contributed by atoms with van der Waals surface area (Å²) in [7, 11) is 1.79. The Bertz CT molecular complexity index is 670. The zero-order valence-corrected chi connectivity index (χ0v) is 12.5. The molecule has 0 radical (unpaired) electrons. The highest BCUT2D eigenvalue weighted by molar-refractivity contribution is 7.80. The maximum Gasteiger partial charge on any atom is 0.146 e. The van der Waals surface area contributed by atoms with Crippen LogP contribution < -0.4 is 10.6 Å². The molecule has 0 fully saturated rings. The van der Waals surface area contributed by atoms with Crippen LogP contribution in [0, 0.1) is 19.7 Å². The van der Waals surface area contributed by atoms with E-state index in [1.807, 2.05) is 19.9 Å². The standard InChI is InChI=1S/C15H16FN3S/c1-9-8-13(14(15(17)20)10(2)18-9)19(3)12-7-5-4-6-11(12)16/h4-8H,1-3H3,(H2,17,20). The summed E-state index contributed by atoms with van der Waals surface area (Å²) in [5.74, 6) is -0.295. The third kappa shape index (κ3) is 2.63. The minimum atomic E-state index is -0.295. The van der Waals surface area contributed by atoms with Crippen LogP contribution in [0.1, 0.15) is 17.0 Å². The maximum absolute atomic E-state index is 13.9. The molecular formula is C15H16FN3S. The average molecular weight is 289 g/mol. The van der Waals surface area contributed by atoms with Crippen LogP contribution in [0.2, 0.25) is 0 Å². The van der Waals surface area contributed by atoms with E-state index in [0.717, 1.165) is 17.1 Å². The number of rotatable bonds is 3. The van der Waals surface area contributed by atoms with Crippen LogP contribution in [0.5, 0.6) is 0 Å². The second-order valence-corrected chi connectivity index (χ2v) is 5.06. The lowest BCUT2D eigenvalue weighted by Crippen LogP contribution is -2.20. The maximum atomic E-state index is 13.9. The van der Waals surface area contributed by atoms with Crippen LogP contribution in [0.4, 0.5) is 15.8 Å². The van der Waals surface area contributed by atoms with Crippen LogP contribution in [0.3, 0.4) is 0 Å². The Morgan fingerprint density at radius 2 is 1.90 bits per heavy atom. The van der Waals surface area contributed by atoms with Crippen molar-refractivity contribution >= 4 is 28.6 Å². The lowest BCUT2D eigenvalue weighted by Gasteiger charge is -2.24. The summed E-state index contributed by atoms with van der Waals surface area (Å²) in [4.78, 5) is 6.37. The van der Waals surface area contributed by atoms with E-state index in [1.165, 1.54) is 6.07 Å². The average Bonchev–Trinajstić information content (AvgIpc) is 2.37. The number of pyridine rings is 1. The molecule has 1 aromatic heterocycles. The van der Waals surface area contributed by atoms with Crippen LogP contribution in [0.25, 0.3) is 0 Å². The van der Waals surface area contributed by atoms with Gasteiger partial charge in [0.2, 0.25) is 0 Å². The number of para-hydroxylation sites is 1. The Labute approximate surface area is 123 Å². The van der Waals surface area contributed by atoms with Crippen LogP contribution in [-0.4, -0.2) is 17.0 Å². The molecule has 0 aliphatic heterocycles. The highest BCUT2D eigenvalue weighted by Crippen LogP contribution is 2.30. The first kappa shape index (κ1) is 14.4. The quantitative estimate of drug-likeness (QED) is 0.881. The van der Waals surface area contributed by atoms with E-state index >= 15 is 0 Å². The predicted octanol–water partition coefficient (Wildman–Crippen LogP) is 3.24. The number of hydrogen-bond acceptors (Lipinski definition) is 3. The molecule has 0 saturated carbocycles. The highest BCUT2D eigenvalue weighted by Gasteiger charge is 2.17. The topological polar surface area (TPSA) is 42.1 Å². The minimum Gasteiger partial charge on any atom is -0.389 e. The van der Waals surface area contributed by atoms with Gasteiger partial charge in [-0.3, -0.25) is 4.98 Å². The van der Waals surface area contributed by atoms with Gasteiger partial charge >= 0.3 is 0 Å². The van der Waals surface area contributed by atoms with Crippen molar-refractivity contribution in [2.75, 3.05) is 11.9 Å². The smallest absolute Gasteiger partial charge is 0.146 e. The molecule has 0 amide bonds. The van der Waals surface area contributed by atoms with Crippen molar-refractivity contribution in [3.63, 3.8) is 0 Å². The summed E-state index contributed by atoms with van der Waals surface area (Å²) in [6, 6.07) is 8.44. The first-order valence-corrected chi connectivity index (χ1v) is 6.59. The second-order valence-electron chi connectivity index (χ2n) is 4.62. The molecule has 0 atom stereocenters. The monoisotopic (exact) mass is 289 g/mol. The normalized spacial score (nSPS) is 10.4. The molecule has 2 aromatic rings. The first-order valence-electron chi connectivity index (χ1n) is 6.18. The molecule has 0 aliphatic carbocycles. The zero-order valence-electron chi connectivity index (χ0n) is 11.6. The lowest BCUT2D eigenvalue weighted by atomic mass is 10.1. The third-order valence-corrected chi connectivity index (χ3v) is 3.33. The van der Waals surface area contributed by atoms with Gasteiger partial charge in [0.1, 0.15) is 10.8 Å². The van der Waals surface area contributed by atoms with Gasteiger partial charge in [0.25, 0.3) is 0 Å². The number of aryl methyl sites for hydroxylation is 2. The summed E-state index contributed by atoms with van der Waals surface area (Å²) in [6.45, 7) is 3.73. The van der Waals surface area contributed by atoms with E-state index in [4.69, 9.17) is 18.0 Å². The summed E-state index contributed by atoms with van der Waals surface area (Å²) in [6.07, 6.45) is 0. The van der Waals surface area contributed by atoms with Crippen molar-refractivity contribution < 1.29 is 4.39 Å². The fourth-order valence-electron chi connectivity index (χ4n) is 2.23. The molecular weight excluding hydrogens is 273 g/mol. The molecule has 2 rings (SSSR count). The third-order valence-electron chi connectivity index (χ3n) is 3.13. The molecule has 0 saturated heterocycles. The van der Waals surface area contributed by atoms with Gasteiger partial charge in [0, 0.05) is 18.4 Å². The number of hydrogen-bond donors (Lipinski definition) is 1. The van der Waals surface area contributed by atoms with E-state index in [9.17, 15) is 4.39 Å². The Kier molecular flexibility index (Phi) is 3.99. The number of benzene rings is 1. The van der Waals surface area contributed by atoms with Crippen molar-refractivity contribution in [2.45, 2.75) is 13.8 Å². The SMILES string of the molecule is Cc1cc(N(C)c2ccccc2F)c(C(N)=S)c(C)n1. The number of halogens is 1. The van der Waals surface area contributed by atoms with Gasteiger partial charge < -0.3 is 10.6 Å². The van der Waals surface area contributed by atoms with Crippen LogP contribution in [-0.2, 0) is 0 Å². The van der Waals surface area contributed by atoms with Gasteiger partial charge in [-0.2, -0.15) is 0 Å². The fraction of sp³-hybridized carbons (Fsp3) is 0.200. The summed E-state index contributed by atoms with van der Waals surface area (Å²) in [5, 5.41) is 0. The number of anilines is 2. The zero-order chi connectivity index (χ0) is 14.9. The molecule has 5 heteroatoms. The minimum absolute atomic E-state index is 0.258. The Balaban J connectivity index is 2.63. The Morgan fingerprint density at radius 3 is 2.50 bits per heavy atom. The van der Waals surface area contributed by atoms with Crippen LogP contribution >= 0.6 is 12.2 Å². The molecule has 3 nitrogen and oxygen atoms in total. The fourth-order valence-corrected chi connectivity index (χ4v) is 2.48. The van der Waals surface area contributed by atoms with Gasteiger partial charge in [-0.05, 0) is 32.0 Å². The molecule has 20 heavy (non-hydrogen) atoms. The second kappa shape index (κ2) is 5.54. The molecule has 1 heterocycles. The summed E-state index contributed by atoms with van der Waals surface area (Å²) in [5.41, 5.74) is 9.27. The van der Waals surface area contributed by atoms with Crippen molar-refractivity contribution in [2.24, 2.45) is 5.73 Å². The van der Waals surface area contributed by atoms with Crippen molar-refractivity contribution in [3.05, 3.63) is 53.1 Å². The summed E-state index contributed by atoms with van der Waals surface area (Å²) < 4.78 is 13.9. The van der Waals surface area contributed by atoms with Gasteiger partial charge in [-0.25, -0.2) is 4.39 Å². The van der Waals surface area contributed by atoms with Crippen molar-refractivity contribution in [1.29, 1.82) is 0 Å². The Morgan fingerprint density at radius 1 is 1.25 bits per heavy atom. The van der Waals surface area contributed by atoms with Crippen molar-refractivity contribution in [3.8, 4) is 0 Å². The Hall–Kier alpha value is -2.01. The largest absolute Gasteiger partial charge is 0.389 e.